The molecule has 0 spiro atoms. The van der Waals surface area contributed by atoms with Gasteiger partial charge in [0.05, 0.1) is 12.4 Å². The van der Waals surface area contributed by atoms with Gasteiger partial charge in [0.25, 0.3) is 0 Å². The zero-order chi connectivity index (χ0) is 10.7. The molecule has 3 N–H and O–H groups in total. The van der Waals surface area contributed by atoms with Gasteiger partial charge in [0.1, 0.15) is 5.52 Å². The summed E-state index contributed by atoms with van der Waals surface area (Å²) >= 11 is 1.59. The van der Waals surface area contributed by atoms with Crippen LogP contribution < -0.4 is 5.73 Å². The Bertz CT molecular complexity index is 456. The van der Waals surface area contributed by atoms with E-state index in [-0.39, 0.29) is 6.61 Å². The van der Waals surface area contributed by atoms with E-state index in [0.29, 0.717) is 23.1 Å². The van der Waals surface area contributed by atoms with Crippen LogP contribution in [0.15, 0.2) is 22.6 Å². The fourth-order valence-corrected chi connectivity index (χ4v) is 1.85. The molecule has 5 heteroatoms. The second-order valence-corrected chi connectivity index (χ2v) is 4.22. The molecule has 0 saturated heterocycles. The first kappa shape index (κ1) is 10.3. The number of hydrogen-bond donors (Lipinski definition) is 2. The van der Waals surface area contributed by atoms with Gasteiger partial charge in [0, 0.05) is 17.5 Å². The SMILES string of the molecule is Nc1ccc2nc(CSCCO)oc2c1. The second-order valence-electron chi connectivity index (χ2n) is 3.11. The van der Waals surface area contributed by atoms with Crippen LogP contribution in [-0.4, -0.2) is 22.5 Å². The molecule has 0 fully saturated rings. The number of rotatable bonds is 4. The number of nitrogen functional groups attached to an aromatic ring is 1. The minimum atomic E-state index is 0.178. The molecule has 0 unspecified atom stereocenters. The Morgan fingerprint density at radius 3 is 3.13 bits per heavy atom. The first-order valence-electron chi connectivity index (χ1n) is 4.63. The maximum atomic E-state index is 8.63. The van der Waals surface area contributed by atoms with Crippen molar-refractivity contribution >= 4 is 28.5 Å². The van der Waals surface area contributed by atoms with Gasteiger partial charge in [0.2, 0.25) is 5.89 Å². The van der Waals surface area contributed by atoms with Crippen LogP contribution in [0.3, 0.4) is 0 Å². The van der Waals surface area contributed by atoms with E-state index < -0.39 is 0 Å². The van der Waals surface area contributed by atoms with Gasteiger partial charge in [-0.05, 0) is 12.1 Å². The third-order valence-corrected chi connectivity index (χ3v) is 2.84. The Hall–Kier alpha value is -1.20. The van der Waals surface area contributed by atoms with Crippen molar-refractivity contribution in [1.82, 2.24) is 4.98 Å². The Labute approximate surface area is 91.5 Å². The van der Waals surface area contributed by atoms with Crippen molar-refractivity contribution in [3.8, 4) is 0 Å². The number of thioether (sulfide) groups is 1. The molecule has 2 rings (SSSR count). The number of aliphatic hydroxyl groups excluding tert-OH is 1. The molecule has 0 bridgehead atoms. The molecule has 1 heterocycles. The summed E-state index contributed by atoms with van der Waals surface area (Å²) in [5.74, 6) is 2.05. The molecule has 80 valence electrons. The largest absolute Gasteiger partial charge is 0.440 e. The van der Waals surface area contributed by atoms with Crippen molar-refractivity contribution < 1.29 is 9.52 Å². The van der Waals surface area contributed by atoms with Crippen molar-refractivity contribution in [2.24, 2.45) is 0 Å². The van der Waals surface area contributed by atoms with Crippen molar-refractivity contribution in [2.45, 2.75) is 5.75 Å². The molecule has 0 aliphatic carbocycles. The minimum Gasteiger partial charge on any atom is -0.440 e. The number of oxazole rings is 1. The summed E-state index contributed by atoms with van der Waals surface area (Å²) in [6.45, 7) is 0.178. The highest BCUT2D eigenvalue weighted by atomic mass is 32.2. The molecule has 0 atom stereocenters. The zero-order valence-electron chi connectivity index (χ0n) is 8.14. The molecule has 0 aliphatic heterocycles. The molecule has 0 aliphatic rings. The first-order chi connectivity index (χ1) is 7.29. The summed E-state index contributed by atoms with van der Waals surface area (Å²) in [7, 11) is 0. The molecule has 0 radical (unpaired) electrons. The van der Waals surface area contributed by atoms with Crippen molar-refractivity contribution in [2.75, 3.05) is 18.1 Å². The molecule has 0 amide bonds. The normalized spacial score (nSPS) is 11.0. The van der Waals surface area contributed by atoms with E-state index in [9.17, 15) is 0 Å². The highest BCUT2D eigenvalue weighted by molar-refractivity contribution is 7.98. The number of aromatic nitrogens is 1. The summed E-state index contributed by atoms with van der Waals surface area (Å²) < 4.78 is 5.50. The second kappa shape index (κ2) is 4.55. The van der Waals surface area contributed by atoms with Crippen LogP contribution in [0.25, 0.3) is 11.1 Å². The number of hydrogen-bond acceptors (Lipinski definition) is 5. The van der Waals surface area contributed by atoms with Crippen molar-refractivity contribution in [3.05, 3.63) is 24.1 Å². The van der Waals surface area contributed by atoms with Crippen LogP contribution in [0.2, 0.25) is 0 Å². The number of nitrogens with two attached hydrogens (primary N) is 1. The average molecular weight is 224 g/mol. The van der Waals surface area contributed by atoms with E-state index in [1.165, 1.54) is 0 Å². The van der Waals surface area contributed by atoms with Crippen LogP contribution in [0, 0.1) is 0 Å². The number of nitrogens with zero attached hydrogens (tertiary/aromatic N) is 1. The molecule has 2 aromatic rings. The Kier molecular flexibility index (Phi) is 3.13. The minimum absolute atomic E-state index is 0.178. The first-order valence-corrected chi connectivity index (χ1v) is 5.78. The maximum Gasteiger partial charge on any atom is 0.205 e. The summed E-state index contributed by atoms with van der Waals surface area (Å²) in [6.07, 6.45) is 0. The highest BCUT2D eigenvalue weighted by Gasteiger charge is 2.05. The lowest BCUT2D eigenvalue weighted by Crippen LogP contribution is -1.87. The van der Waals surface area contributed by atoms with Gasteiger partial charge in [-0.1, -0.05) is 0 Å². The van der Waals surface area contributed by atoms with Crippen molar-refractivity contribution in [1.29, 1.82) is 0 Å². The predicted molar refractivity (Wildman–Crippen MR) is 61.7 cm³/mol. The van der Waals surface area contributed by atoms with Gasteiger partial charge < -0.3 is 15.3 Å². The smallest absolute Gasteiger partial charge is 0.205 e. The molecule has 1 aromatic heterocycles. The third-order valence-electron chi connectivity index (χ3n) is 1.92. The van der Waals surface area contributed by atoms with E-state index in [4.69, 9.17) is 15.3 Å². The highest BCUT2D eigenvalue weighted by Crippen LogP contribution is 2.20. The average Bonchev–Trinajstić information content (AvgIpc) is 2.60. The van der Waals surface area contributed by atoms with Crippen LogP contribution in [0.4, 0.5) is 5.69 Å². The number of fused-ring (bicyclic) bond motifs is 1. The summed E-state index contributed by atoms with van der Waals surface area (Å²) in [6, 6.07) is 5.41. The Morgan fingerprint density at radius 2 is 2.33 bits per heavy atom. The van der Waals surface area contributed by atoms with Crippen LogP contribution >= 0.6 is 11.8 Å². The Balaban J connectivity index is 2.16. The quantitative estimate of drug-likeness (QED) is 0.610. The maximum absolute atomic E-state index is 8.63. The van der Waals surface area contributed by atoms with E-state index in [1.54, 1.807) is 23.9 Å². The van der Waals surface area contributed by atoms with Crippen LogP contribution in [0.5, 0.6) is 0 Å². The molecule has 1 aromatic carbocycles. The monoisotopic (exact) mass is 224 g/mol. The van der Waals surface area contributed by atoms with Crippen LogP contribution in [0.1, 0.15) is 5.89 Å². The predicted octanol–water partition coefficient (Wildman–Crippen LogP) is 1.64. The van der Waals surface area contributed by atoms with Gasteiger partial charge in [-0.2, -0.15) is 0 Å². The van der Waals surface area contributed by atoms with E-state index in [0.717, 1.165) is 11.1 Å². The van der Waals surface area contributed by atoms with Gasteiger partial charge in [-0.15, -0.1) is 11.8 Å². The van der Waals surface area contributed by atoms with Crippen LogP contribution in [-0.2, 0) is 5.75 Å². The molecular weight excluding hydrogens is 212 g/mol. The number of aliphatic hydroxyl groups is 1. The summed E-state index contributed by atoms with van der Waals surface area (Å²) in [5.41, 5.74) is 7.84. The molecular formula is C10H12N2O2S. The van der Waals surface area contributed by atoms with Gasteiger partial charge in [0.15, 0.2) is 5.58 Å². The molecule has 0 saturated carbocycles. The van der Waals surface area contributed by atoms with Gasteiger partial charge in [-0.3, -0.25) is 0 Å². The van der Waals surface area contributed by atoms with Gasteiger partial charge in [-0.25, -0.2) is 4.98 Å². The fraction of sp³-hybridized carbons (Fsp3) is 0.300. The molecule has 4 nitrogen and oxygen atoms in total. The number of anilines is 1. The topological polar surface area (TPSA) is 72.3 Å². The molecule has 15 heavy (non-hydrogen) atoms. The van der Waals surface area contributed by atoms with E-state index >= 15 is 0 Å². The summed E-state index contributed by atoms with van der Waals surface area (Å²) in [5, 5.41) is 8.63. The zero-order valence-corrected chi connectivity index (χ0v) is 8.96. The Morgan fingerprint density at radius 1 is 1.47 bits per heavy atom. The van der Waals surface area contributed by atoms with Gasteiger partial charge >= 0.3 is 0 Å². The lowest BCUT2D eigenvalue weighted by Gasteiger charge is -1.92. The lowest BCUT2D eigenvalue weighted by atomic mass is 10.3. The van der Waals surface area contributed by atoms with E-state index in [1.807, 2.05) is 6.07 Å². The van der Waals surface area contributed by atoms with Crippen molar-refractivity contribution in [3.63, 3.8) is 0 Å². The number of benzene rings is 1. The lowest BCUT2D eigenvalue weighted by molar-refractivity contribution is 0.322. The fourth-order valence-electron chi connectivity index (χ4n) is 1.27. The standard InChI is InChI=1S/C10H12N2O2S/c11-7-1-2-8-9(5-7)14-10(12-8)6-15-4-3-13/h1-2,5,13H,3-4,6,11H2. The van der Waals surface area contributed by atoms with E-state index in [2.05, 4.69) is 4.98 Å². The summed E-state index contributed by atoms with van der Waals surface area (Å²) in [4.78, 5) is 4.30. The third kappa shape index (κ3) is 2.43.